The number of hydrogen-bond acceptors (Lipinski definition) is 3. The molecule has 0 bridgehead atoms. The number of hydrogen-bond donors (Lipinski definition) is 1. The molecule has 90 valence electrons. The Hall–Kier alpha value is -0.930. The van der Waals surface area contributed by atoms with E-state index < -0.39 is 0 Å². The summed E-state index contributed by atoms with van der Waals surface area (Å²) < 4.78 is 1.31. The lowest BCUT2D eigenvalue weighted by Crippen LogP contribution is -2.32. The van der Waals surface area contributed by atoms with Crippen LogP contribution in [-0.2, 0) is 5.41 Å². The van der Waals surface area contributed by atoms with Crippen LogP contribution in [0.5, 0.6) is 0 Å². The summed E-state index contributed by atoms with van der Waals surface area (Å²) in [6.45, 7) is 2.83. The van der Waals surface area contributed by atoms with Crippen LogP contribution in [0.25, 0.3) is 10.2 Å². The molecule has 2 nitrogen and oxygen atoms in total. The van der Waals surface area contributed by atoms with Crippen molar-refractivity contribution in [3.63, 3.8) is 0 Å². The molecule has 3 rings (SSSR count). The average molecular weight is 246 g/mol. The fraction of sp³-hybridized carbons (Fsp3) is 0.500. The molecule has 0 unspecified atom stereocenters. The molecule has 1 aromatic heterocycles. The van der Waals surface area contributed by atoms with Crippen molar-refractivity contribution in [1.29, 1.82) is 0 Å². The van der Waals surface area contributed by atoms with E-state index in [1.807, 2.05) is 0 Å². The Kier molecular flexibility index (Phi) is 2.68. The summed E-state index contributed by atoms with van der Waals surface area (Å²) in [5, 5.41) is 1.15. The van der Waals surface area contributed by atoms with Gasteiger partial charge in [-0.15, -0.1) is 11.3 Å². The number of nitrogens with zero attached hydrogens (tertiary/aromatic N) is 1. The van der Waals surface area contributed by atoms with Crippen molar-refractivity contribution >= 4 is 21.6 Å². The van der Waals surface area contributed by atoms with Gasteiger partial charge in [0.25, 0.3) is 0 Å². The molecule has 0 spiro atoms. The third-order valence-electron chi connectivity index (χ3n) is 4.05. The lowest BCUT2D eigenvalue weighted by Gasteiger charge is -2.28. The number of fused-ring (bicyclic) bond motifs is 1. The maximum absolute atomic E-state index is 6.07. The molecular weight excluding hydrogens is 228 g/mol. The van der Waals surface area contributed by atoms with Crippen LogP contribution in [0.1, 0.15) is 36.3 Å². The molecule has 0 radical (unpaired) electrons. The van der Waals surface area contributed by atoms with Crippen molar-refractivity contribution in [2.24, 2.45) is 5.73 Å². The third-order valence-corrected chi connectivity index (χ3v) is 4.98. The van der Waals surface area contributed by atoms with Gasteiger partial charge in [0.1, 0.15) is 0 Å². The average Bonchev–Trinajstić information content (AvgIpc) is 2.93. The molecule has 1 aliphatic rings. The van der Waals surface area contributed by atoms with Crippen LogP contribution < -0.4 is 5.73 Å². The van der Waals surface area contributed by atoms with Gasteiger partial charge in [0.05, 0.1) is 15.2 Å². The SMILES string of the molecule is Cc1nc2c(C3(CN)CCCC3)cccc2s1. The first-order chi connectivity index (χ1) is 8.25. The second-order valence-corrected chi connectivity index (χ2v) is 6.31. The van der Waals surface area contributed by atoms with Gasteiger partial charge in [-0.05, 0) is 31.4 Å². The van der Waals surface area contributed by atoms with E-state index in [2.05, 4.69) is 25.1 Å². The number of nitrogens with two attached hydrogens (primary N) is 1. The van der Waals surface area contributed by atoms with E-state index in [-0.39, 0.29) is 5.41 Å². The fourth-order valence-electron chi connectivity index (χ4n) is 3.12. The molecule has 0 atom stereocenters. The quantitative estimate of drug-likeness (QED) is 0.882. The highest BCUT2D eigenvalue weighted by atomic mass is 32.1. The van der Waals surface area contributed by atoms with Crippen LogP contribution >= 0.6 is 11.3 Å². The molecule has 0 aliphatic heterocycles. The summed E-state index contributed by atoms with van der Waals surface area (Å²) in [6, 6.07) is 6.56. The molecule has 1 aromatic carbocycles. The monoisotopic (exact) mass is 246 g/mol. The van der Waals surface area contributed by atoms with E-state index in [4.69, 9.17) is 10.7 Å². The summed E-state index contributed by atoms with van der Waals surface area (Å²) in [4.78, 5) is 4.71. The maximum Gasteiger partial charge on any atom is 0.0907 e. The van der Waals surface area contributed by atoms with Gasteiger partial charge in [-0.1, -0.05) is 25.0 Å². The molecule has 0 saturated heterocycles. The lowest BCUT2D eigenvalue weighted by atomic mass is 9.78. The number of rotatable bonds is 2. The molecule has 1 aliphatic carbocycles. The van der Waals surface area contributed by atoms with E-state index in [0.29, 0.717) is 0 Å². The van der Waals surface area contributed by atoms with Gasteiger partial charge in [-0.2, -0.15) is 0 Å². The summed E-state index contributed by atoms with van der Waals surface area (Å²) >= 11 is 1.78. The van der Waals surface area contributed by atoms with Crippen LogP contribution in [0, 0.1) is 6.92 Å². The standard InChI is InChI=1S/C14H18N2S/c1-10-16-13-11(5-4-6-12(13)17-10)14(9-15)7-2-3-8-14/h4-6H,2-3,7-9,15H2,1H3. The Labute approximate surface area is 106 Å². The number of thiazole rings is 1. The summed E-state index contributed by atoms with van der Waals surface area (Å²) in [5.41, 5.74) is 8.85. The highest BCUT2D eigenvalue weighted by molar-refractivity contribution is 7.18. The van der Waals surface area contributed by atoms with E-state index in [1.165, 1.54) is 41.5 Å². The topological polar surface area (TPSA) is 38.9 Å². The van der Waals surface area contributed by atoms with Crippen molar-refractivity contribution in [2.45, 2.75) is 38.0 Å². The largest absolute Gasteiger partial charge is 0.330 e. The van der Waals surface area contributed by atoms with Crippen molar-refractivity contribution in [1.82, 2.24) is 4.98 Å². The first-order valence-corrected chi connectivity index (χ1v) is 7.13. The second-order valence-electron chi connectivity index (χ2n) is 5.08. The van der Waals surface area contributed by atoms with E-state index >= 15 is 0 Å². The van der Waals surface area contributed by atoms with Crippen LogP contribution in [0.3, 0.4) is 0 Å². The van der Waals surface area contributed by atoms with Gasteiger partial charge < -0.3 is 5.73 Å². The fourth-order valence-corrected chi connectivity index (χ4v) is 3.98. The second kappa shape index (κ2) is 4.07. The molecule has 0 amide bonds. The van der Waals surface area contributed by atoms with Gasteiger partial charge in [-0.25, -0.2) is 4.98 Å². The molecule has 2 aromatic rings. The molecule has 3 heteroatoms. The van der Waals surface area contributed by atoms with Crippen LogP contribution in [-0.4, -0.2) is 11.5 Å². The van der Waals surface area contributed by atoms with Crippen molar-refractivity contribution in [2.75, 3.05) is 6.54 Å². The molecule has 1 fully saturated rings. The van der Waals surface area contributed by atoms with Crippen LogP contribution in [0.4, 0.5) is 0 Å². The molecule has 17 heavy (non-hydrogen) atoms. The first kappa shape index (κ1) is 11.2. The minimum Gasteiger partial charge on any atom is -0.330 e. The smallest absolute Gasteiger partial charge is 0.0907 e. The Morgan fingerprint density at radius 3 is 2.82 bits per heavy atom. The van der Waals surface area contributed by atoms with E-state index in [0.717, 1.165) is 11.6 Å². The zero-order valence-electron chi connectivity index (χ0n) is 10.2. The zero-order chi connectivity index (χ0) is 11.9. The number of benzene rings is 1. The van der Waals surface area contributed by atoms with Gasteiger partial charge in [-0.3, -0.25) is 0 Å². The maximum atomic E-state index is 6.07. The summed E-state index contributed by atoms with van der Waals surface area (Å²) in [5.74, 6) is 0. The Balaban J connectivity index is 2.22. The Morgan fingerprint density at radius 1 is 1.35 bits per heavy atom. The number of aromatic nitrogens is 1. The van der Waals surface area contributed by atoms with E-state index in [1.54, 1.807) is 11.3 Å². The van der Waals surface area contributed by atoms with Gasteiger partial charge in [0, 0.05) is 12.0 Å². The van der Waals surface area contributed by atoms with Crippen LogP contribution in [0.15, 0.2) is 18.2 Å². The molecular formula is C14H18N2S. The third kappa shape index (κ3) is 1.69. The zero-order valence-corrected chi connectivity index (χ0v) is 11.0. The lowest BCUT2D eigenvalue weighted by molar-refractivity contribution is 0.456. The summed E-state index contributed by atoms with van der Waals surface area (Å²) in [6.07, 6.45) is 5.05. The van der Waals surface area contributed by atoms with Gasteiger partial charge in [0.15, 0.2) is 0 Å². The molecule has 2 N–H and O–H groups in total. The van der Waals surface area contributed by atoms with Crippen molar-refractivity contribution < 1.29 is 0 Å². The van der Waals surface area contributed by atoms with Crippen molar-refractivity contribution in [3.05, 3.63) is 28.8 Å². The predicted molar refractivity (Wildman–Crippen MR) is 73.6 cm³/mol. The molecule has 1 heterocycles. The first-order valence-electron chi connectivity index (χ1n) is 6.32. The highest BCUT2D eigenvalue weighted by Crippen LogP contribution is 2.43. The van der Waals surface area contributed by atoms with Crippen LogP contribution in [0.2, 0.25) is 0 Å². The highest BCUT2D eigenvalue weighted by Gasteiger charge is 2.36. The van der Waals surface area contributed by atoms with E-state index in [9.17, 15) is 0 Å². The Bertz CT molecular complexity index is 538. The number of para-hydroxylation sites is 1. The normalized spacial score (nSPS) is 18.9. The summed E-state index contributed by atoms with van der Waals surface area (Å²) in [7, 11) is 0. The Morgan fingerprint density at radius 2 is 2.12 bits per heavy atom. The van der Waals surface area contributed by atoms with Crippen molar-refractivity contribution in [3.8, 4) is 0 Å². The minimum atomic E-state index is 0.194. The minimum absolute atomic E-state index is 0.194. The molecule has 1 saturated carbocycles. The van der Waals surface area contributed by atoms with Gasteiger partial charge >= 0.3 is 0 Å². The van der Waals surface area contributed by atoms with Gasteiger partial charge in [0.2, 0.25) is 0 Å². The predicted octanol–water partition coefficient (Wildman–Crippen LogP) is 3.38. The number of aryl methyl sites for hydroxylation is 1.